The van der Waals surface area contributed by atoms with E-state index in [-0.39, 0.29) is 11.1 Å². The molecule has 2 fully saturated rings. The Balaban J connectivity index is 1.71. The number of hydrogen-bond donors (Lipinski definition) is 1. The molecule has 0 saturated heterocycles. The molecule has 0 bridgehead atoms. The summed E-state index contributed by atoms with van der Waals surface area (Å²) in [6, 6.07) is 0. The molecule has 2 aliphatic carbocycles. The Bertz CT molecular complexity index is 428. The third-order valence-corrected chi connectivity index (χ3v) is 4.78. The van der Waals surface area contributed by atoms with E-state index in [0.717, 1.165) is 25.7 Å². The molecule has 3 rings (SSSR count). The average molecular weight is 265 g/mol. The standard InChI is InChI=1S/C14H23N3O2/c1-18-14(8-5-9-14)12-16-11(19-17-12)10-13(15)6-3-2-4-7-13/h2-10,15H2,1H3. The molecule has 0 atom stereocenters. The summed E-state index contributed by atoms with van der Waals surface area (Å²) in [6.07, 6.45) is 9.64. The highest BCUT2D eigenvalue weighted by Crippen LogP contribution is 2.42. The predicted octanol–water partition coefficient (Wildman–Crippen LogP) is 2.30. The molecule has 2 aliphatic rings. The summed E-state index contributed by atoms with van der Waals surface area (Å²) in [6.45, 7) is 0. The third kappa shape index (κ3) is 2.41. The van der Waals surface area contributed by atoms with Gasteiger partial charge in [-0.15, -0.1) is 0 Å². The van der Waals surface area contributed by atoms with E-state index in [1.54, 1.807) is 7.11 Å². The number of hydrogen-bond acceptors (Lipinski definition) is 5. The van der Waals surface area contributed by atoms with Crippen LogP contribution in [0.5, 0.6) is 0 Å². The Morgan fingerprint density at radius 1 is 1.16 bits per heavy atom. The van der Waals surface area contributed by atoms with Crippen molar-refractivity contribution in [2.75, 3.05) is 7.11 Å². The first-order valence-electron chi connectivity index (χ1n) is 7.33. The summed E-state index contributed by atoms with van der Waals surface area (Å²) < 4.78 is 11.0. The molecular weight excluding hydrogens is 242 g/mol. The van der Waals surface area contributed by atoms with Gasteiger partial charge in [0, 0.05) is 19.1 Å². The third-order valence-electron chi connectivity index (χ3n) is 4.78. The quantitative estimate of drug-likeness (QED) is 0.904. The molecule has 1 aromatic heterocycles. The van der Waals surface area contributed by atoms with Crippen LogP contribution in [0.1, 0.15) is 63.1 Å². The molecule has 0 aromatic carbocycles. The van der Waals surface area contributed by atoms with E-state index in [1.165, 1.54) is 25.7 Å². The summed E-state index contributed by atoms with van der Waals surface area (Å²) in [7, 11) is 1.72. The van der Waals surface area contributed by atoms with Crippen molar-refractivity contribution in [1.29, 1.82) is 0 Å². The number of nitrogens with two attached hydrogens (primary N) is 1. The lowest BCUT2D eigenvalue weighted by Crippen LogP contribution is -2.44. The van der Waals surface area contributed by atoms with Gasteiger partial charge in [0.15, 0.2) is 0 Å². The van der Waals surface area contributed by atoms with Crippen molar-refractivity contribution < 1.29 is 9.26 Å². The van der Waals surface area contributed by atoms with Gasteiger partial charge in [-0.25, -0.2) is 0 Å². The van der Waals surface area contributed by atoms with Crippen LogP contribution >= 0.6 is 0 Å². The number of methoxy groups -OCH3 is 1. The van der Waals surface area contributed by atoms with E-state index in [2.05, 4.69) is 10.1 Å². The van der Waals surface area contributed by atoms with Crippen LogP contribution in [0.25, 0.3) is 0 Å². The maximum atomic E-state index is 6.43. The van der Waals surface area contributed by atoms with Crippen molar-refractivity contribution >= 4 is 0 Å². The summed E-state index contributed by atoms with van der Waals surface area (Å²) >= 11 is 0. The predicted molar refractivity (Wildman–Crippen MR) is 70.5 cm³/mol. The van der Waals surface area contributed by atoms with Crippen molar-refractivity contribution in [1.82, 2.24) is 10.1 Å². The van der Waals surface area contributed by atoms with E-state index in [0.29, 0.717) is 18.1 Å². The Morgan fingerprint density at radius 2 is 1.89 bits per heavy atom. The Labute approximate surface area is 113 Å². The van der Waals surface area contributed by atoms with E-state index >= 15 is 0 Å². The van der Waals surface area contributed by atoms with Crippen LogP contribution in [0.2, 0.25) is 0 Å². The summed E-state index contributed by atoms with van der Waals surface area (Å²) in [4.78, 5) is 4.53. The lowest BCUT2D eigenvalue weighted by molar-refractivity contribution is -0.0858. The molecule has 2 saturated carbocycles. The van der Waals surface area contributed by atoms with Crippen LogP contribution in [0.4, 0.5) is 0 Å². The van der Waals surface area contributed by atoms with Crippen LogP contribution in [-0.4, -0.2) is 22.8 Å². The van der Waals surface area contributed by atoms with E-state index in [1.807, 2.05) is 0 Å². The van der Waals surface area contributed by atoms with Crippen molar-refractivity contribution in [2.45, 2.75) is 68.9 Å². The topological polar surface area (TPSA) is 74.2 Å². The fourth-order valence-corrected chi connectivity index (χ4v) is 3.26. The van der Waals surface area contributed by atoms with Gasteiger partial charge in [0.05, 0.1) is 0 Å². The minimum atomic E-state index is -0.296. The molecular formula is C14H23N3O2. The zero-order valence-corrected chi connectivity index (χ0v) is 11.7. The minimum Gasteiger partial charge on any atom is -0.370 e. The molecule has 5 nitrogen and oxygen atoms in total. The fraction of sp³-hybridized carbons (Fsp3) is 0.857. The molecule has 0 aliphatic heterocycles. The van der Waals surface area contributed by atoms with Gasteiger partial charge in [0.25, 0.3) is 0 Å². The highest BCUT2D eigenvalue weighted by Gasteiger charge is 2.43. The smallest absolute Gasteiger partial charge is 0.228 e. The van der Waals surface area contributed by atoms with Gasteiger partial charge in [-0.05, 0) is 32.1 Å². The van der Waals surface area contributed by atoms with Gasteiger partial charge in [0.1, 0.15) is 5.60 Å². The first-order chi connectivity index (χ1) is 9.16. The molecule has 2 N–H and O–H groups in total. The van der Waals surface area contributed by atoms with Crippen LogP contribution < -0.4 is 5.73 Å². The molecule has 19 heavy (non-hydrogen) atoms. The zero-order valence-electron chi connectivity index (χ0n) is 11.7. The van der Waals surface area contributed by atoms with Gasteiger partial charge >= 0.3 is 0 Å². The molecule has 0 radical (unpaired) electrons. The highest BCUT2D eigenvalue weighted by atomic mass is 16.5. The number of rotatable bonds is 4. The van der Waals surface area contributed by atoms with Gasteiger partial charge in [-0.2, -0.15) is 4.98 Å². The monoisotopic (exact) mass is 265 g/mol. The molecule has 0 spiro atoms. The minimum absolute atomic E-state index is 0.151. The summed E-state index contributed by atoms with van der Waals surface area (Å²) in [5.74, 6) is 1.37. The Morgan fingerprint density at radius 3 is 2.47 bits per heavy atom. The van der Waals surface area contributed by atoms with Crippen molar-refractivity contribution in [3.05, 3.63) is 11.7 Å². The number of nitrogens with zero attached hydrogens (tertiary/aromatic N) is 2. The van der Waals surface area contributed by atoms with Crippen LogP contribution in [0.15, 0.2) is 4.52 Å². The van der Waals surface area contributed by atoms with Gasteiger partial charge in [-0.1, -0.05) is 24.4 Å². The lowest BCUT2D eigenvalue weighted by Gasteiger charge is -2.37. The highest BCUT2D eigenvalue weighted by molar-refractivity contribution is 5.08. The van der Waals surface area contributed by atoms with Crippen molar-refractivity contribution in [2.24, 2.45) is 5.73 Å². The summed E-state index contributed by atoms with van der Waals surface area (Å²) in [5, 5.41) is 4.11. The first kappa shape index (κ1) is 13.1. The maximum Gasteiger partial charge on any atom is 0.228 e. The number of aromatic nitrogens is 2. The van der Waals surface area contributed by atoms with Gasteiger partial charge in [0.2, 0.25) is 11.7 Å². The molecule has 1 aromatic rings. The van der Waals surface area contributed by atoms with E-state index < -0.39 is 0 Å². The molecule has 1 heterocycles. The average Bonchev–Trinajstić information content (AvgIpc) is 2.77. The van der Waals surface area contributed by atoms with E-state index in [9.17, 15) is 0 Å². The molecule has 0 unspecified atom stereocenters. The Hall–Kier alpha value is -0.940. The summed E-state index contributed by atoms with van der Waals surface area (Å²) in [5.41, 5.74) is 5.98. The van der Waals surface area contributed by atoms with Crippen LogP contribution in [-0.2, 0) is 16.8 Å². The fourth-order valence-electron chi connectivity index (χ4n) is 3.26. The van der Waals surface area contributed by atoms with Gasteiger partial charge in [-0.3, -0.25) is 0 Å². The van der Waals surface area contributed by atoms with Gasteiger partial charge < -0.3 is 15.0 Å². The normalized spacial score (nSPS) is 24.9. The molecule has 0 amide bonds. The SMILES string of the molecule is COC1(c2noc(CC3(N)CCCCC3)n2)CCC1. The second-order valence-electron chi connectivity index (χ2n) is 6.16. The van der Waals surface area contributed by atoms with Crippen molar-refractivity contribution in [3.8, 4) is 0 Å². The largest absolute Gasteiger partial charge is 0.370 e. The van der Waals surface area contributed by atoms with Crippen LogP contribution in [0.3, 0.4) is 0 Å². The van der Waals surface area contributed by atoms with Crippen molar-refractivity contribution in [3.63, 3.8) is 0 Å². The zero-order chi connectivity index (χ0) is 13.3. The van der Waals surface area contributed by atoms with Crippen LogP contribution in [0, 0.1) is 0 Å². The molecule has 5 heteroatoms. The van der Waals surface area contributed by atoms with E-state index in [4.69, 9.17) is 15.0 Å². The lowest BCUT2D eigenvalue weighted by atomic mass is 9.79. The molecule has 106 valence electrons. The Kier molecular flexibility index (Phi) is 3.35. The first-order valence-corrected chi connectivity index (χ1v) is 7.33. The maximum absolute atomic E-state index is 6.43. The second kappa shape index (κ2) is 4.87. The number of ether oxygens (including phenoxy) is 1. The second-order valence-corrected chi connectivity index (χ2v) is 6.16.